The van der Waals surface area contributed by atoms with Crippen molar-refractivity contribution in [3.8, 4) is 5.75 Å². The molecule has 0 saturated heterocycles. The van der Waals surface area contributed by atoms with Gasteiger partial charge in [0.15, 0.2) is 0 Å². The van der Waals surface area contributed by atoms with Crippen LogP contribution in [0, 0.1) is 12.3 Å². The molecule has 2 saturated carbocycles. The molecular weight excluding hydrogens is 326 g/mol. The summed E-state index contributed by atoms with van der Waals surface area (Å²) < 4.78 is 6.45. The van der Waals surface area contributed by atoms with E-state index in [4.69, 9.17) is 4.74 Å². The van der Waals surface area contributed by atoms with Crippen molar-refractivity contribution in [1.29, 1.82) is 0 Å². The van der Waals surface area contributed by atoms with Crippen LogP contribution in [0.1, 0.15) is 63.3 Å². The fraction of sp³-hybridized carbons (Fsp3) is 0.722. The first-order valence-corrected chi connectivity index (χ1v) is 9.34. The van der Waals surface area contributed by atoms with E-state index in [9.17, 15) is 0 Å². The molecule has 2 nitrogen and oxygen atoms in total. The zero-order valence-corrected chi connectivity index (χ0v) is 14.8. The number of halogens is 1. The summed E-state index contributed by atoms with van der Waals surface area (Å²) in [6.45, 7) is 4.21. The SMILES string of the molecule is CCc1nc(C)ccc1OC1CC(Br)C12CCCCCC2. The Hall–Kier alpha value is -0.570. The molecule has 2 fully saturated rings. The van der Waals surface area contributed by atoms with Crippen molar-refractivity contribution in [2.45, 2.75) is 76.1 Å². The first kappa shape index (κ1) is 15.3. The summed E-state index contributed by atoms with van der Waals surface area (Å²) in [5, 5.41) is 0. The first-order chi connectivity index (χ1) is 10.2. The van der Waals surface area contributed by atoms with Gasteiger partial charge in [-0.2, -0.15) is 0 Å². The summed E-state index contributed by atoms with van der Waals surface area (Å²) in [5.74, 6) is 1.01. The van der Waals surface area contributed by atoms with Gasteiger partial charge >= 0.3 is 0 Å². The molecule has 2 atom stereocenters. The van der Waals surface area contributed by atoms with E-state index in [2.05, 4.69) is 40.0 Å². The standard InChI is InChI=1S/C18H26BrNO/c1-3-14-15(9-8-13(2)20-14)21-17-12-16(19)18(17)10-6-4-5-7-11-18/h8-9,16-17H,3-7,10-12H2,1-2H3. The molecule has 1 aromatic rings. The highest BCUT2D eigenvalue weighted by Crippen LogP contribution is 2.55. The zero-order valence-electron chi connectivity index (χ0n) is 13.2. The largest absolute Gasteiger partial charge is 0.488 e. The summed E-state index contributed by atoms with van der Waals surface area (Å²) in [7, 11) is 0. The Morgan fingerprint density at radius 3 is 2.57 bits per heavy atom. The van der Waals surface area contributed by atoms with Gasteiger partial charge in [-0.15, -0.1) is 0 Å². The molecule has 0 N–H and O–H groups in total. The lowest BCUT2D eigenvalue weighted by molar-refractivity contribution is -0.0468. The number of hydrogen-bond acceptors (Lipinski definition) is 2. The maximum Gasteiger partial charge on any atom is 0.141 e. The topological polar surface area (TPSA) is 22.1 Å². The molecule has 2 unspecified atom stereocenters. The Bertz CT molecular complexity index is 494. The summed E-state index contributed by atoms with van der Waals surface area (Å²) in [5.41, 5.74) is 2.55. The average molecular weight is 352 g/mol. The van der Waals surface area contributed by atoms with Crippen LogP contribution in [0.5, 0.6) is 5.75 Å². The number of aromatic nitrogens is 1. The molecule has 116 valence electrons. The van der Waals surface area contributed by atoms with E-state index >= 15 is 0 Å². The molecule has 0 bridgehead atoms. The number of hydrogen-bond donors (Lipinski definition) is 0. The monoisotopic (exact) mass is 351 g/mol. The number of aryl methyl sites for hydroxylation is 2. The van der Waals surface area contributed by atoms with Crippen molar-refractivity contribution in [3.05, 3.63) is 23.5 Å². The quantitative estimate of drug-likeness (QED) is 0.697. The smallest absolute Gasteiger partial charge is 0.141 e. The van der Waals surface area contributed by atoms with Gasteiger partial charge in [-0.3, -0.25) is 4.98 Å². The second kappa shape index (κ2) is 6.28. The number of rotatable bonds is 3. The lowest BCUT2D eigenvalue weighted by atomic mass is 9.61. The van der Waals surface area contributed by atoms with Crippen LogP contribution in [0.2, 0.25) is 0 Å². The Morgan fingerprint density at radius 1 is 1.24 bits per heavy atom. The van der Waals surface area contributed by atoms with E-state index in [0.29, 0.717) is 16.3 Å². The van der Waals surface area contributed by atoms with E-state index in [1.54, 1.807) is 0 Å². The molecule has 2 aliphatic rings. The number of nitrogens with zero attached hydrogens (tertiary/aromatic N) is 1. The first-order valence-electron chi connectivity index (χ1n) is 8.43. The fourth-order valence-corrected chi connectivity index (χ4v) is 5.09. The minimum atomic E-state index is 0.367. The molecule has 2 aliphatic carbocycles. The molecule has 1 aromatic heterocycles. The third kappa shape index (κ3) is 2.86. The van der Waals surface area contributed by atoms with Gasteiger partial charge in [-0.1, -0.05) is 48.5 Å². The third-order valence-corrected chi connectivity index (χ3v) is 6.68. The summed E-state index contributed by atoms with van der Waals surface area (Å²) in [6.07, 6.45) is 10.6. The van der Waals surface area contributed by atoms with E-state index in [0.717, 1.165) is 30.0 Å². The maximum absolute atomic E-state index is 6.45. The predicted octanol–water partition coefficient (Wildman–Crippen LogP) is 5.21. The third-order valence-electron chi connectivity index (χ3n) is 5.40. The van der Waals surface area contributed by atoms with E-state index in [-0.39, 0.29) is 0 Å². The minimum Gasteiger partial charge on any atom is -0.488 e. The lowest BCUT2D eigenvalue weighted by Crippen LogP contribution is -2.56. The maximum atomic E-state index is 6.45. The molecule has 3 heteroatoms. The van der Waals surface area contributed by atoms with Gasteiger partial charge in [0, 0.05) is 15.9 Å². The molecule has 1 heterocycles. The van der Waals surface area contributed by atoms with Crippen LogP contribution in [-0.2, 0) is 6.42 Å². The van der Waals surface area contributed by atoms with Gasteiger partial charge in [0.25, 0.3) is 0 Å². The van der Waals surface area contributed by atoms with Crippen LogP contribution in [-0.4, -0.2) is 15.9 Å². The zero-order chi connectivity index (χ0) is 14.9. The van der Waals surface area contributed by atoms with Gasteiger partial charge in [-0.05, 0) is 44.7 Å². The minimum absolute atomic E-state index is 0.367. The van der Waals surface area contributed by atoms with Gasteiger partial charge in [0.05, 0.1) is 5.69 Å². The highest BCUT2D eigenvalue weighted by Gasteiger charge is 2.55. The van der Waals surface area contributed by atoms with Crippen LogP contribution in [0.15, 0.2) is 12.1 Å². The second-order valence-corrected chi connectivity index (χ2v) is 7.81. The highest BCUT2D eigenvalue weighted by atomic mass is 79.9. The van der Waals surface area contributed by atoms with E-state index < -0.39 is 0 Å². The molecule has 0 aliphatic heterocycles. The molecule has 1 spiro atoms. The Kier molecular flexibility index (Phi) is 4.58. The van der Waals surface area contributed by atoms with E-state index in [1.807, 2.05) is 6.92 Å². The summed E-state index contributed by atoms with van der Waals surface area (Å²) >= 11 is 3.92. The van der Waals surface area contributed by atoms with Gasteiger partial charge in [0.2, 0.25) is 0 Å². The van der Waals surface area contributed by atoms with Gasteiger partial charge < -0.3 is 4.74 Å². The van der Waals surface area contributed by atoms with E-state index in [1.165, 1.54) is 38.5 Å². The molecule has 0 radical (unpaired) electrons. The lowest BCUT2D eigenvalue weighted by Gasteiger charge is -2.53. The fourth-order valence-electron chi connectivity index (χ4n) is 4.00. The predicted molar refractivity (Wildman–Crippen MR) is 90.2 cm³/mol. The molecule has 0 aromatic carbocycles. The van der Waals surface area contributed by atoms with Crippen LogP contribution in [0.25, 0.3) is 0 Å². The van der Waals surface area contributed by atoms with Crippen molar-refractivity contribution in [3.63, 3.8) is 0 Å². The number of alkyl halides is 1. The highest BCUT2D eigenvalue weighted by molar-refractivity contribution is 9.09. The number of ether oxygens (including phenoxy) is 1. The number of pyridine rings is 1. The molecule has 21 heavy (non-hydrogen) atoms. The molecule has 3 rings (SSSR count). The van der Waals surface area contributed by atoms with Gasteiger partial charge in [0.1, 0.15) is 11.9 Å². The second-order valence-electron chi connectivity index (χ2n) is 6.71. The summed E-state index contributed by atoms with van der Waals surface area (Å²) in [6, 6.07) is 4.19. The Labute approximate surface area is 136 Å². The van der Waals surface area contributed by atoms with Crippen molar-refractivity contribution in [2.24, 2.45) is 5.41 Å². The van der Waals surface area contributed by atoms with Crippen molar-refractivity contribution in [1.82, 2.24) is 4.98 Å². The normalized spacial score (nSPS) is 28.0. The van der Waals surface area contributed by atoms with Crippen molar-refractivity contribution in [2.75, 3.05) is 0 Å². The van der Waals surface area contributed by atoms with Crippen LogP contribution >= 0.6 is 15.9 Å². The Balaban J connectivity index is 1.78. The molecular formula is C18H26BrNO. The molecule has 0 amide bonds. The van der Waals surface area contributed by atoms with Gasteiger partial charge in [-0.25, -0.2) is 0 Å². The van der Waals surface area contributed by atoms with Crippen LogP contribution in [0.3, 0.4) is 0 Å². The van der Waals surface area contributed by atoms with Crippen molar-refractivity contribution < 1.29 is 4.74 Å². The van der Waals surface area contributed by atoms with Crippen LogP contribution in [0.4, 0.5) is 0 Å². The van der Waals surface area contributed by atoms with Crippen molar-refractivity contribution >= 4 is 15.9 Å². The summed E-state index contributed by atoms with van der Waals surface area (Å²) in [4.78, 5) is 5.27. The Morgan fingerprint density at radius 2 is 1.95 bits per heavy atom. The van der Waals surface area contributed by atoms with Crippen LogP contribution < -0.4 is 4.74 Å². The average Bonchev–Trinajstić information content (AvgIpc) is 2.76.